The van der Waals surface area contributed by atoms with Crippen LogP contribution in [0.5, 0.6) is 0 Å². The molecular weight excluding hydrogens is 320 g/mol. The maximum atomic E-state index is 4.48. The van der Waals surface area contributed by atoms with Gasteiger partial charge in [0.15, 0.2) is 0 Å². The number of halogens is 1. The van der Waals surface area contributed by atoms with Crippen LogP contribution in [-0.4, -0.2) is 72.6 Å². The number of nitrogens with one attached hydrogen (secondary N) is 2. The third kappa shape index (κ3) is 4.04. The molecule has 6 nitrogen and oxygen atoms in total. The lowest BCUT2D eigenvalue weighted by Gasteiger charge is -2.37. The van der Waals surface area contributed by atoms with Crippen LogP contribution < -0.4 is 10.6 Å². The first-order valence-corrected chi connectivity index (χ1v) is 7.78. The van der Waals surface area contributed by atoms with Gasteiger partial charge in [-0.3, -0.25) is 4.90 Å². The average Bonchev–Trinajstić information content (AvgIpc) is 2.43. The molecule has 1 fully saturated rings. The Kier molecular flexibility index (Phi) is 5.56. The van der Waals surface area contributed by atoms with Crippen LogP contribution in [0, 0.1) is 0 Å². The highest BCUT2D eigenvalue weighted by atomic mass is 79.9. The van der Waals surface area contributed by atoms with Gasteiger partial charge in [0.1, 0.15) is 5.82 Å². The normalized spacial score (nSPS) is 20.9. The summed E-state index contributed by atoms with van der Waals surface area (Å²) in [5, 5.41) is 6.55. The van der Waals surface area contributed by atoms with Gasteiger partial charge in [-0.05, 0) is 36.9 Å². The van der Waals surface area contributed by atoms with E-state index in [0.717, 1.165) is 43.0 Å². The minimum absolute atomic E-state index is 0.498. The maximum absolute atomic E-state index is 4.48. The molecule has 0 aromatic carbocycles. The molecule has 7 heteroatoms. The van der Waals surface area contributed by atoms with E-state index >= 15 is 0 Å². The fourth-order valence-electron chi connectivity index (χ4n) is 2.27. The second-order valence-electron chi connectivity index (χ2n) is 5.20. The van der Waals surface area contributed by atoms with Gasteiger partial charge in [-0.25, -0.2) is 4.98 Å². The third-order valence-corrected chi connectivity index (χ3v) is 4.14. The zero-order valence-corrected chi connectivity index (χ0v) is 13.9. The maximum Gasteiger partial charge on any atom is 0.224 e. The summed E-state index contributed by atoms with van der Waals surface area (Å²) < 4.78 is 0.894. The second-order valence-corrected chi connectivity index (χ2v) is 6.05. The standard InChI is InChI=1S/C13H23BrN6/c1-4-15-13-17-8-11(14)12(18-13)16-7-10-9-19(2)5-6-20(10)3/h8,10H,4-7,9H2,1-3H3,(H2,15,16,17,18). The second kappa shape index (κ2) is 7.19. The van der Waals surface area contributed by atoms with E-state index in [9.17, 15) is 0 Å². The topological polar surface area (TPSA) is 56.3 Å². The van der Waals surface area contributed by atoms with E-state index in [-0.39, 0.29) is 0 Å². The Labute approximate surface area is 129 Å². The Morgan fingerprint density at radius 2 is 2.15 bits per heavy atom. The predicted molar refractivity (Wildman–Crippen MR) is 86.3 cm³/mol. The minimum Gasteiger partial charge on any atom is -0.367 e. The van der Waals surface area contributed by atoms with Gasteiger partial charge in [-0.15, -0.1) is 0 Å². The van der Waals surface area contributed by atoms with Crippen molar-refractivity contribution < 1.29 is 0 Å². The molecule has 0 spiro atoms. The number of likely N-dealkylation sites (N-methyl/N-ethyl adjacent to an activating group) is 2. The fraction of sp³-hybridized carbons (Fsp3) is 0.692. The number of piperazine rings is 1. The summed E-state index contributed by atoms with van der Waals surface area (Å²) in [5.74, 6) is 1.50. The molecular formula is C13H23BrN6. The molecule has 0 amide bonds. The smallest absolute Gasteiger partial charge is 0.224 e. The summed E-state index contributed by atoms with van der Waals surface area (Å²) in [5.41, 5.74) is 0. The first-order valence-electron chi connectivity index (χ1n) is 6.99. The van der Waals surface area contributed by atoms with E-state index in [1.54, 1.807) is 6.20 Å². The number of rotatable bonds is 5. The number of hydrogen-bond acceptors (Lipinski definition) is 6. The zero-order valence-electron chi connectivity index (χ0n) is 12.4. The van der Waals surface area contributed by atoms with Gasteiger partial charge in [0.2, 0.25) is 5.95 Å². The van der Waals surface area contributed by atoms with Crippen molar-refractivity contribution in [1.29, 1.82) is 0 Å². The van der Waals surface area contributed by atoms with E-state index in [0.29, 0.717) is 12.0 Å². The molecule has 0 aliphatic carbocycles. The first-order chi connectivity index (χ1) is 9.60. The van der Waals surface area contributed by atoms with E-state index in [1.807, 2.05) is 6.92 Å². The average molecular weight is 343 g/mol. The third-order valence-electron chi connectivity index (χ3n) is 3.56. The SMILES string of the molecule is CCNc1ncc(Br)c(NCC2CN(C)CCN2C)n1. The lowest BCUT2D eigenvalue weighted by molar-refractivity contribution is 0.122. The van der Waals surface area contributed by atoms with Gasteiger partial charge in [-0.2, -0.15) is 4.98 Å². The molecule has 112 valence electrons. The molecule has 0 radical (unpaired) electrons. The highest BCUT2D eigenvalue weighted by molar-refractivity contribution is 9.10. The molecule has 1 aliphatic rings. The van der Waals surface area contributed by atoms with Crippen LogP contribution in [0.4, 0.5) is 11.8 Å². The van der Waals surface area contributed by atoms with E-state index in [1.165, 1.54) is 0 Å². The molecule has 1 saturated heterocycles. The van der Waals surface area contributed by atoms with Crippen molar-refractivity contribution in [2.75, 3.05) is 57.5 Å². The number of hydrogen-bond donors (Lipinski definition) is 2. The highest BCUT2D eigenvalue weighted by Crippen LogP contribution is 2.20. The van der Waals surface area contributed by atoms with Gasteiger partial charge >= 0.3 is 0 Å². The molecule has 2 N–H and O–H groups in total. The molecule has 1 aliphatic heterocycles. The largest absolute Gasteiger partial charge is 0.367 e. The quantitative estimate of drug-likeness (QED) is 0.841. The van der Waals surface area contributed by atoms with Crippen LogP contribution in [0.25, 0.3) is 0 Å². The first kappa shape index (κ1) is 15.5. The number of nitrogens with zero attached hydrogens (tertiary/aromatic N) is 4. The molecule has 2 heterocycles. The number of aromatic nitrogens is 2. The van der Waals surface area contributed by atoms with Crippen LogP contribution in [-0.2, 0) is 0 Å². The van der Waals surface area contributed by atoms with Crippen molar-refractivity contribution in [1.82, 2.24) is 19.8 Å². The van der Waals surface area contributed by atoms with Crippen LogP contribution in [0.1, 0.15) is 6.92 Å². The molecule has 20 heavy (non-hydrogen) atoms. The number of anilines is 2. The van der Waals surface area contributed by atoms with E-state index in [2.05, 4.69) is 60.4 Å². The van der Waals surface area contributed by atoms with Crippen molar-refractivity contribution >= 4 is 27.7 Å². The van der Waals surface area contributed by atoms with Gasteiger partial charge < -0.3 is 15.5 Å². The van der Waals surface area contributed by atoms with Crippen LogP contribution in [0.3, 0.4) is 0 Å². The highest BCUT2D eigenvalue weighted by Gasteiger charge is 2.22. The van der Waals surface area contributed by atoms with Crippen molar-refractivity contribution in [3.8, 4) is 0 Å². The molecule has 0 saturated carbocycles. The Hall–Kier alpha value is -0.920. The Bertz CT molecular complexity index is 441. The monoisotopic (exact) mass is 342 g/mol. The molecule has 1 aromatic heterocycles. The predicted octanol–water partition coefficient (Wildman–Crippen LogP) is 1.33. The van der Waals surface area contributed by atoms with Gasteiger partial charge in [0, 0.05) is 45.0 Å². The zero-order chi connectivity index (χ0) is 14.5. The molecule has 1 aromatic rings. The summed E-state index contributed by atoms with van der Waals surface area (Å²) >= 11 is 3.49. The van der Waals surface area contributed by atoms with Crippen LogP contribution in [0.15, 0.2) is 10.7 Å². The lowest BCUT2D eigenvalue weighted by atomic mass is 10.2. The summed E-state index contributed by atoms with van der Waals surface area (Å²) in [6, 6.07) is 0.498. The Balaban J connectivity index is 1.97. The van der Waals surface area contributed by atoms with Crippen molar-refractivity contribution in [3.63, 3.8) is 0 Å². The van der Waals surface area contributed by atoms with Crippen molar-refractivity contribution in [3.05, 3.63) is 10.7 Å². The van der Waals surface area contributed by atoms with Gasteiger partial charge in [0.05, 0.1) is 4.47 Å². The van der Waals surface area contributed by atoms with Crippen LogP contribution in [0.2, 0.25) is 0 Å². The summed E-state index contributed by atoms with van der Waals surface area (Å²) in [6.45, 7) is 7.04. The Morgan fingerprint density at radius 3 is 2.90 bits per heavy atom. The molecule has 1 unspecified atom stereocenters. The van der Waals surface area contributed by atoms with Crippen molar-refractivity contribution in [2.45, 2.75) is 13.0 Å². The fourth-order valence-corrected chi connectivity index (χ4v) is 2.60. The molecule has 0 bridgehead atoms. The summed E-state index contributed by atoms with van der Waals surface area (Å²) in [4.78, 5) is 13.5. The van der Waals surface area contributed by atoms with Gasteiger partial charge in [0.25, 0.3) is 0 Å². The molecule has 1 atom stereocenters. The summed E-state index contributed by atoms with van der Waals surface area (Å²) in [6.07, 6.45) is 1.78. The van der Waals surface area contributed by atoms with Crippen molar-refractivity contribution in [2.24, 2.45) is 0 Å². The van der Waals surface area contributed by atoms with Crippen LogP contribution >= 0.6 is 15.9 Å². The minimum atomic E-state index is 0.498. The van der Waals surface area contributed by atoms with E-state index < -0.39 is 0 Å². The summed E-state index contributed by atoms with van der Waals surface area (Å²) in [7, 11) is 4.35. The van der Waals surface area contributed by atoms with Gasteiger partial charge in [-0.1, -0.05) is 0 Å². The molecule has 2 rings (SSSR count). The Morgan fingerprint density at radius 1 is 1.35 bits per heavy atom. The lowest BCUT2D eigenvalue weighted by Crippen LogP contribution is -2.52. The van der Waals surface area contributed by atoms with E-state index in [4.69, 9.17) is 0 Å².